The molecule has 20 heavy (non-hydrogen) atoms. The Labute approximate surface area is 120 Å². The second-order valence-electron chi connectivity index (χ2n) is 5.83. The quantitative estimate of drug-likeness (QED) is 0.925. The van der Waals surface area contributed by atoms with Gasteiger partial charge in [-0.25, -0.2) is 0 Å². The van der Waals surface area contributed by atoms with E-state index in [9.17, 15) is 0 Å². The lowest BCUT2D eigenvalue weighted by atomic mass is 9.92. The number of benzene rings is 1. The van der Waals surface area contributed by atoms with Crippen LogP contribution in [0.1, 0.15) is 37.8 Å². The predicted octanol–water partition coefficient (Wildman–Crippen LogP) is 3.55. The van der Waals surface area contributed by atoms with Crippen molar-refractivity contribution >= 4 is 11.0 Å². The van der Waals surface area contributed by atoms with E-state index in [1.165, 1.54) is 30.2 Å². The van der Waals surface area contributed by atoms with Gasteiger partial charge in [0.25, 0.3) is 0 Å². The first kappa shape index (κ1) is 13.7. The summed E-state index contributed by atoms with van der Waals surface area (Å²) in [5.41, 5.74) is 8.28. The Morgan fingerprint density at radius 1 is 1.30 bits per heavy atom. The number of likely N-dealkylation sites (tertiary alicyclic amines) is 1. The van der Waals surface area contributed by atoms with Crippen LogP contribution in [0.2, 0.25) is 0 Å². The van der Waals surface area contributed by atoms with E-state index >= 15 is 0 Å². The number of fused-ring (bicyclic) bond motifs is 1. The lowest BCUT2D eigenvalue weighted by Gasteiger charge is -2.36. The number of hydrogen-bond acceptors (Lipinski definition) is 3. The van der Waals surface area contributed by atoms with Crippen LogP contribution < -0.4 is 5.73 Å². The van der Waals surface area contributed by atoms with Crippen molar-refractivity contribution in [1.82, 2.24) is 4.90 Å². The maximum Gasteiger partial charge on any atom is 0.134 e. The van der Waals surface area contributed by atoms with E-state index in [1.54, 1.807) is 0 Å². The molecule has 0 spiro atoms. The highest BCUT2D eigenvalue weighted by Crippen LogP contribution is 2.32. The van der Waals surface area contributed by atoms with E-state index in [2.05, 4.69) is 24.0 Å². The smallest absolute Gasteiger partial charge is 0.134 e. The zero-order chi connectivity index (χ0) is 13.9. The van der Waals surface area contributed by atoms with E-state index in [0.29, 0.717) is 6.54 Å². The Morgan fingerprint density at radius 3 is 2.75 bits per heavy atom. The van der Waals surface area contributed by atoms with Gasteiger partial charge in [0.1, 0.15) is 5.58 Å². The first-order valence-electron chi connectivity index (χ1n) is 7.73. The summed E-state index contributed by atoms with van der Waals surface area (Å²) < 4.78 is 5.68. The Morgan fingerprint density at radius 2 is 2.05 bits per heavy atom. The summed E-state index contributed by atoms with van der Waals surface area (Å²) in [6.45, 7) is 5.25. The average molecular weight is 272 g/mol. The van der Waals surface area contributed by atoms with Gasteiger partial charge in [0.15, 0.2) is 0 Å². The summed E-state index contributed by atoms with van der Waals surface area (Å²) >= 11 is 0. The molecule has 1 atom stereocenters. The molecule has 0 saturated carbocycles. The van der Waals surface area contributed by atoms with Crippen molar-refractivity contribution in [3.05, 3.63) is 36.1 Å². The summed E-state index contributed by atoms with van der Waals surface area (Å²) in [6.07, 6.45) is 5.79. The zero-order valence-electron chi connectivity index (χ0n) is 12.2. The molecular formula is C17H24N2O. The highest BCUT2D eigenvalue weighted by molar-refractivity contribution is 5.81. The van der Waals surface area contributed by atoms with Gasteiger partial charge in [0.2, 0.25) is 0 Å². The Hall–Kier alpha value is -1.32. The van der Waals surface area contributed by atoms with Crippen LogP contribution in [0.15, 0.2) is 34.9 Å². The molecule has 1 aromatic heterocycles. The normalized spacial score (nSPS) is 19.5. The monoisotopic (exact) mass is 272 g/mol. The van der Waals surface area contributed by atoms with Crippen LogP contribution in [-0.2, 0) is 0 Å². The number of nitrogens with zero attached hydrogens (tertiary/aromatic N) is 1. The molecule has 0 amide bonds. The van der Waals surface area contributed by atoms with E-state index < -0.39 is 0 Å². The third-order valence-electron chi connectivity index (χ3n) is 4.76. The van der Waals surface area contributed by atoms with Gasteiger partial charge in [-0.05, 0) is 37.9 Å². The van der Waals surface area contributed by atoms with E-state index in [1.807, 2.05) is 18.4 Å². The first-order chi connectivity index (χ1) is 9.83. The van der Waals surface area contributed by atoms with Crippen molar-refractivity contribution in [2.45, 2.75) is 32.2 Å². The standard InChI is InChI=1S/C17H24N2O/c1-2-13-7-9-19(10-8-13)16(11-18)15-12-20-17-6-4-3-5-14(15)17/h3-6,12-13,16H,2,7-11,18H2,1H3. The second kappa shape index (κ2) is 5.98. The van der Waals surface area contributed by atoms with Gasteiger partial charge >= 0.3 is 0 Å². The third-order valence-corrected chi connectivity index (χ3v) is 4.76. The summed E-state index contributed by atoms with van der Waals surface area (Å²) in [5, 5.41) is 1.21. The molecule has 0 radical (unpaired) electrons. The molecule has 2 aromatic rings. The van der Waals surface area contributed by atoms with Gasteiger partial charge < -0.3 is 10.2 Å². The topological polar surface area (TPSA) is 42.4 Å². The Balaban J connectivity index is 1.83. The molecule has 2 N–H and O–H groups in total. The molecule has 108 valence electrons. The molecular weight excluding hydrogens is 248 g/mol. The molecule has 1 aliphatic heterocycles. The number of furan rings is 1. The lowest BCUT2D eigenvalue weighted by Crippen LogP contribution is -2.39. The van der Waals surface area contributed by atoms with Gasteiger partial charge in [0.05, 0.1) is 12.3 Å². The van der Waals surface area contributed by atoms with Crippen molar-refractivity contribution in [1.29, 1.82) is 0 Å². The van der Waals surface area contributed by atoms with Crippen LogP contribution >= 0.6 is 0 Å². The lowest BCUT2D eigenvalue weighted by molar-refractivity contribution is 0.134. The molecule has 1 unspecified atom stereocenters. The summed E-state index contributed by atoms with van der Waals surface area (Å²) in [7, 11) is 0. The molecule has 1 saturated heterocycles. The van der Waals surface area contributed by atoms with Gasteiger partial charge in [-0.2, -0.15) is 0 Å². The fourth-order valence-electron chi connectivity index (χ4n) is 3.40. The van der Waals surface area contributed by atoms with Crippen LogP contribution in [0.3, 0.4) is 0 Å². The second-order valence-corrected chi connectivity index (χ2v) is 5.83. The van der Waals surface area contributed by atoms with Crippen LogP contribution in [-0.4, -0.2) is 24.5 Å². The maximum atomic E-state index is 6.07. The fraction of sp³-hybridized carbons (Fsp3) is 0.529. The highest BCUT2D eigenvalue weighted by Gasteiger charge is 2.26. The van der Waals surface area contributed by atoms with Crippen LogP contribution in [0.5, 0.6) is 0 Å². The minimum absolute atomic E-state index is 0.288. The summed E-state index contributed by atoms with van der Waals surface area (Å²) in [6, 6.07) is 8.53. The molecule has 3 heteroatoms. The number of piperidine rings is 1. The minimum Gasteiger partial charge on any atom is -0.464 e. The largest absolute Gasteiger partial charge is 0.464 e. The van der Waals surface area contributed by atoms with Gasteiger partial charge in [-0.3, -0.25) is 4.90 Å². The molecule has 1 aliphatic rings. The van der Waals surface area contributed by atoms with Crippen LogP contribution in [0.25, 0.3) is 11.0 Å². The number of rotatable bonds is 4. The molecule has 1 fully saturated rings. The predicted molar refractivity (Wildman–Crippen MR) is 82.6 cm³/mol. The minimum atomic E-state index is 0.288. The Bertz CT molecular complexity index is 555. The molecule has 2 heterocycles. The third kappa shape index (κ3) is 2.48. The van der Waals surface area contributed by atoms with E-state index in [4.69, 9.17) is 10.2 Å². The molecule has 0 bridgehead atoms. The molecule has 3 rings (SSSR count). The van der Waals surface area contributed by atoms with Crippen LogP contribution in [0.4, 0.5) is 0 Å². The molecule has 3 nitrogen and oxygen atoms in total. The SMILES string of the molecule is CCC1CCN(C(CN)c2coc3ccccc23)CC1. The highest BCUT2D eigenvalue weighted by atomic mass is 16.3. The number of para-hydroxylation sites is 1. The maximum absolute atomic E-state index is 6.07. The first-order valence-corrected chi connectivity index (χ1v) is 7.73. The molecule has 1 aromatic carbocycles. The summed E-state index contributed by atoms with van der Waals surface area (Å²) in [5.74, 6) is 0.894. The molecule has 0 aliphatic carbocycles. The van der Waals surface area contributed by atoms with Crippen LogP contribution in [0, 0.1) is 5.92 Å². The van der Waals surface area contributed by atoms with Gasteiger partial charge in [0, 0.05) is 17.5 Å². The van der Waals surface area contributed by atoms with Crippen molar-refractivity contribution < 1.29 is 4.42 Å². The van der Waals surface area contributed by atoms with E-state index in [0.717, 1.165) is 24.6 Å². The average Bonchev–Trinajstić information content (AvgIpc) is 2.93. The van der Waals surface area contributed by atoms with E-state index in [-0.39, 0.29) is 6.04 Å². The fourth-order valence-corrected chi connectivity index (χ4v) is 3.40. The van der Waals surface area contributed by atoms with Crippen molar-refractivity contribution in [2.24, 2.45) is 11.7 Å². The van der Waals surface area contributed by atoms with Gasteiger partial charge in [-0.1, -0.05) is 31.5 Å². The zero-order valence-corrected chi connectivity index (χ0v) is 12.2. The number of hydrogen-bond donors (Lipinski definition) is 1. The number of nitrogens with two attached hydrogens (primary N) is 1. The van der Waals surface area contributed by atoms with Crippen molar-refractivity contribution in [3.8, 4) is 0 Å². The Kier molecular flexibility index (Phi) is 4.08. The van der Waals surface area contributed by atoms with Crippen molar-refractivity contribution in [2.75, 3.05) is 19.6 Å². The van der Waals surface area contributed by atoms with Crippen molar-refractivity contribution in [3.63, 3.8) is 0 Å². The summed E-state index contributed by atoms with van der Waals surface area (Å²) in [4.78, 5) is 2.53. The van der Waals surface area contributed by atoms with Gasteiger partial charge in [-0.15, -0.1) is 0 Å².